The number of carbonyl (C=O) groups excluding carboxylic acids is 1. The van der Waals surface area contributed by atoms with Crippen molar-refractivity contribution in [2.75, 3.05) is 6.61 Å². The number of carbonyl (C=O) groups is 1. The number of esters is 1. The first-order valence-corrected chi connectivity index (χ1v) is 5.54. The van der Waals surface area contributed by atoms with Gasteiger partial charge in [-0.3, -0.25) is 14.9 Å². The molecule has 0 bridgehead atoms. The van der Waals surface area contributed by atoms with E-state index in [-0.39, 0.29) is 23.5 Å². The van der Waals surface area contributed by atoms with Crippen molar-refractivity contribution in [2.24, 2.45) is 5.92 Å². The van der Waals surface area contributed by atoms with E-state index in [1.807, 2.05) is 6.07 Å². The minimum absolute atomic E-state index is 0.0667. The van der Waals surface area contributed by atoms with Crippen LogP contribution in [-0.2, 0) is 9.53 Å². The Morgan fingerprint density at radius 1 is 1.59 bits per heavy atom. The zero-order valence-corrected chi connectivity index (χ0v) is 9.46. The number of rotatable bonds is 4. The van der Waals surface area contributed by atoms with E-state index in [1.54, 1.807) is 13.0 Å². The van der Waals surface area contributed by atoms with E-state index in [0.717, 1.165) is 12.0 Å². The third kappa shape index (κ3) is 2.43. The molecule has 90 valence electrons. The minimum atomic E-state index is -0.425. The Morgan fingerprint density at radius 2 is 2.35 bits per heavy atom. The zero-order chi connectivity index (χ0) is 12.4. The Kier molecular flexibility index (Phi) is 3.08. The first-order valence-electron chi connectivity index (χ1n) is 5.54. The predicted octanol–water partition coefficient (Wildman–Crippen LogP) is 2.26. The topological polar surface area (TPSA) is 69.4 Å². The van der Waals surface area contributed by atoms with Crippen molar-refractivity contribution in [3.05, 3.63) is 39.9 Å². The standard InChI is InChI=1S/C12H13NO4/c1-2-17-12(14)11-7-10(11)8-4-3-5-9(6-8)13(15)16/h3-6,10-11H,2,7H2,1H3. The number of nitro groups is 1. The molecule has 17 heavy (non-hydrogen) atoms. The molecule has 1 fully saturated rings. The Labute approximate surface area is 98.5 Å². The van der Waals surface area contributed by atoms with Gasteiger partial charge in [-0.15, -0.1) is 0 Å². The summed E-state index contributed by atoms with van der Waals surface area (Å²) in [5.74, 6) is -0.255. The summed E-state index contributed by atoms with van der Waals surface area (Å²) in [7, 11) is 0. The summed E-state index contributed by atoms with van der Waals surface area (Å²) in [6.07, 6.45) is 0.722. The first-order chi connectivity index (χ1) is 8.13. The average Bonchev–Trinajstić information content (AvgIpc) is 3.09. The van der Waals surface area contributed by atoms with Gasteiger partial charge in [0.2, 0.25) is 0 Å². The maximum Gasteiger partial charge on any atom is 0.309 e. The summed E-state index contributed by atoms with van der Waals surface area (Å²) in [5.41, 5.74) is 0.911. The van der Waals surface area contributed by atoms with Gasteiger partial charge in [-0.05, 0) is 24.8 Å². The molecular weight excluding hydrogens is 222 g/mol. The molecule has 5 nitrogen and oxygen atoms in total. The van der Waals surface area contributed by atoms with Gasteiger partial charge < -0.3 is 4.74 Å². The number of nitro benzene ring substituents is 1. The minimum Gasteiger partial charge on any atom is -0.466 e. The lowest BCUT2D eigenvalue weighted by molar-refractivity contribution is -0.384. The van der Waals surface area contributed by atoms with E-state index in [2.05, 4.69) is 0 Å². The van der Waals surface area contributed by atoms with Crippen LogP contribution in [0, 0.1) is 16.0 Å². The predicted molar refractivity (Wildman–Crippen MR) is 60.6 cm³/mol. The molecule has 2 atom stereocenters. The van der Waals surface area contributed by atoms with E-state index >= 15 is 0 Å². The third-order valence-corrected chi connectivity index (χ3v) is 2.89. The Bertz CT molecular complexity index is 458. The first kappa shape index (κ1) is 11.6. The zero-order valence-electron chi connectivity index (χ0n) is 9.46. The highest BCUT2D eigenvalue weighted by molar-refractivity contribution is 5.77. The van der Waals surface area contributed by atoms with E-state index in [9.17, 15) is 14.9 Å². The molecule has 0 amide bonds. The van der Waals surface area contributed by atoms with Crippen molar-refractivity contribution in [2.45, 2.75) is 19.3 Å². The molecule has 0 aromatic heterocycles. The summed E-state index contributed by atoms with van der Waals surface area (Å²) >= 11 is 0. The summed E-state index contributed by atoms with van der Waals surface area (Å²) in [6, 6.07) is 6.44. The van der Waals surface area contributed by atoms with Gasteiger partial charge in [0.25, 0.3) is 5.69 Å². The van der Waals surface area contributed by atoms with Crippen molar-refractivity contribution in [1.29, 1.82) is 0 Å². The largest absolute Gasteiger partial charge is 0.466 e. The quantitative estimate of drug-likeness (QED) is 0.456. The van der Waals surface area contributed by atoms with Crippen LogP contribution in [0.25, 0.3) is 0 Å². The highest BCUT2D eigenvalue weighted by atomic mass is 16.6. The van der Waals surface area contributed by atoms with Crippen LogP contribution < -0.4 is 0 Å². The van der Waals surface area contributed by atoms with Crippen molar-refractivity contribution in [1.82, 2.24) is 0 Å². The SMILES string of the molecule is CCOC(=O)C1CC1c1cccc([N+](=O)[O-])c1. The Balaban J connectivity index is 2.08. The second kappa shape index (κ2) is 4.53. The number of non-ortho nitro benzene ring substituents is 1. The second-order valence-corrected chi connectivity index (χ2v) is 4.05. The smallest absolute Gasteiger partial charge is 0.309 e. The van der Waals surface area contributed by atoms with Gasteiger partial charge in [0, 0.05) is 12.1 Å². The third-order valence-electron chi connectivity index (χ3n) is 2.89. The van der Waals surface area contributed by atoms with Crippen LogP contribution in [0.5, 0.6) is 0 Å². The van der Waals surface area contributed by atoms with Gasteiger partial charge in [-0.1, -0.05) is 12.1 Å². The van der Waals surface area contributed by atoms with E-state index in [1.165, 1.54) is 12.1 Å². The van der Waals surface area contributed by atoms with Gasteiger partial charge in [0.15, 0.2) is 0 Å². The van der Waals surface area contributed by atoms with Crippen LogP contribution in [0.15, 0.2) is 24.3 Å². The molecule has 0 spiro atoms. The van der Waals surface area contributed by atoms with Gasteiger partial charge >= 0.3 is 5.97 Å². The molecule has 2 unspecified atom stereocenters. The molecule has 1 aromatic rings. The normalized spacial score (nSPS) is 21.9. The summed E-state index contributed by atoms with van der Waals surface area (Å²) in [5, 5.41) is 10.6. The van der Waals surface area contributed by atoms with Crippen molar-refractivity contribution < 1.29 is 14.5 Å². The van der Waals surface area contributed by atoms with Crippen molar-refractivity contribution in [3.8, 4) is 0 Å². The van der Waals surface area contributed by atoms with Crippen LogP contribution >= 0.6 is 0 Å². The lowest BCUT2D eigenvalue weighted by Crippen LogP contribution is -2.07. The molecule has 2 rings (SSSR count). The van der Waals surface area contributed by atoms with Gasteiger partial charge in [-0.25, -0.2) is 0 Å². The van der Waals surface area contributed by atoms with E-state index in [4.69, 9.17) is 4.74 Å². The molecule has 0 radical (unpaired) electrons. The van der Waals surface area contributed by atoms with Crippen molar-refractivity contribution in [3.63, 3.8) is 0 Å². The number of hydrogen-bond acceptors (Lipinski definition) is 4. The van der Waals surface area contributed by atoms with Gasteiger partial charge in [0.05, 0.1) is 17.4 Å². The highest BCUT2D eigenvalue weighted by Gasteiger charge is 2.45. The molecule has 1 aliphatic carbocycles. The fraction of sp³-hybridized carbons (Fsp3) is 0.417. The molecule has 0 saturated heterocycles. The molecule has 5 heteroatoms. The molecule has 1 aliphatic rings. The van der Waals surface area contributed by atoms with Gasteiger partial charge in [-0.2, -0.15) is 0 Å². The Hall–Kier alpha value is -1.91. The van der Waals surface area contributed by atoms with Crippen molar-refractivity contribution >= 4 is 11.7 Å². The van der Waals surface area contributed by atoms with E-state index < -0.39 is 4.92 Å². The molecule has 1 saturated carbocycles. The van der Waals surface area contributed by atoms with E-state index in [0.29, 0.717) is 6.61 Å². The lowest BCUT2D eigenvalue weighted by atomic mass is 10.1. The fourth-order valence-corrected chi connectivity index (χ4v) is 1.94. The summed E-state index contributed by atoms with van der Waals surface area (Å²) in [4.78, 5) is 21.7. The van der Waals surface area contributed by atoms with Crippen LogP contribution in [0.1, 0.15) is 24.8 Å². The second-order valence-electron chi connectivity index (χ2n) is 4.05. The van der Waals surface area contributed by atoms with Gasteiger partial charge in [0.1, 0.15) is 0 Å². The highest BCUT2D eigenvalue weighted by Crippen LogP contribution is 2.48. The average molecular weight is 235 g/mol. The molecule has 1 aromatic carbocycles. The molecule has 0 heterocycles. The number of ether oxygens (including phenoxy) is 1. The van der Waals surface area contributed by atoms with Crippen LogP contribution in [0.2, 0.25) is 0 Å². The fourth-order valence-electron chi connectivity index (χ4n) is 1.94. The molecule has 0 aliphatic heterocycles. The maximum absolute atomic E-state index is 11.5. The Morgan fingerprint density at radius 3 is 3.00 bits per heavy atom. The summed E-state index contributed by atoms with van der Waals surface area (Å²) in [6.45, 7) is 2.14. The summed E-state index contributed by atoms with van der Waals surface area (Å²) < 4.78 is 4.92. The lowest BCUT2D eigenvalue weighted by Gasteiger charge is -2.01. The van der Waals surface area contributed by atoms with Crippen LogP contribution in [0.3, 0.4) is 0 Å². The number of hydrogen-bond donors (Lipinski definition) is 0. The van der Waals surface area contributed by atoms with Crippen LogP contribution in [-0.4, -0.2) is 17.5 Å². The monoisotopic (exact) mass is 235 g/mol. The molecular formula is C12H13NO4. The maximum atomic E-state index is 11.5. The number of benzene rings is 1. The molecule has 0 N–H and O–H groups in total. The van der Waals surface area contributed by atoms with Crippen LogP contribution in [0.4, 0.5) is 5.69 Å². The number of nitrogens with zero attached hydrogens (tertiary/aromatic N) is 1.